The van der Waals surface area contributed by atoms with Gasteiger partial charge in [-0.25, -0.2) is 0 Å². The Morgan fingerprint density at radius 1 is 1.22 bits per heavy atom. The van der Waals surface area contributed by atoms with Crippen LogP contribution in [0.25, 0.3) is 0 Å². The molecule has 5 nitrogen and oxygen atoms in total. The summed E-state index contributed by atoms with van der Waals surface area (Å²) in [5.41, 5.74) is 0. The average molecular weight is 245 g/mol. The van der Waals surface area contributed by atoms with Crippen molar-refractivity contribution in [1.29, 1.82) is 0 Å². The Bertz CT molecular complexity index is 70.8. The fourth-order valence-electron chi connectivity index (χ4n) is 0. The molecule has 0 bridgehead atoms. The summed E-state index contributed by atoms with van der Waals surface area (Å²) in [5.74, 6) is 0. The zero-order valence-electron chi connectivity index (χ0n) is 3.55. The van der Waals surface area contributed by atoms with Gasteiger partial charge in [0.25, 0.3) is 0 Å². The Hall–Kier alpha value is 1.17. The Kier molecular flexibility index (Phi) is 16.9. The maximum absolute atomic E-state index is 8.55. The number of rotatable bonds is 0. The summed E-state index contributed by atoms with van der Waals surface area (Å²) in [6.45, 7) is 0. The molecule has 0 aromatic carbocycles. The maximum Gasteiger partial charge on any atom is 0.0832 e. The molecular formula is Cl2CuO5P-3. The van der Waals surface area contributed by atoms with E-state index in [1.807, 2.05) is 0 Å². The van der Waals surface area contributed by atoms with Crippen LogP contribution in [-0.4, -0.2) is 0 Å². The topological polar surface area (TPSA) is 95.5 Å². The van der Waals surface area contributed by atoms with Crippen LogP contribution in [0.3, 0.4) is 0 Å². The molecule has 0 heterocycles. The third-order valence-electron chi connectivity index (χ3n) is 0. The number of halogens is 2. The largest absolute Gasteiger partial charge is 0.822 e. The van der Waals surface area contributed by atoms with Crippen LogP contribution < -0.4 is 14.7 Å². The summed E-state index contributed by atoms with van der Waals surface area (Å²) < 4.78 is 11.7. The predicted octanol–water partition coefficient (Wildman–Crippen LogP) is -1.52. The summed E-state index contributed by atoms with van der Waals surface area (Å²) in [6, 6.07) is 0. The van der Waals surface area contributed by atoms with Gasteiger partial charge >= 0.3 is 0 Å². The van der Waals surface area contributed by atoms with Crippen LogP contribution in [0.2, 0.25) is 0 Å². The van der Waals surface area contributed by atoms with E-state index in [4.69, 9.17) is 19.2 Å². The molecule has 9 heteroatoms. The number of hydrogen-bond acceptors (Lipinski definition) is 5. The second-order valence-corrected chi connectivity index (χ2v) is 1.87. The van der Waals surface area contributed by atoms with Crippen molar-refractivity contribution in [2.75, 3.05) is 0 Å². The summed E-state index contributed by atoms with van der Waals surface area (Å²) in [6.07, 6.45) is 0. The standard InChI is InChI=1S/Cl2O.Cu.H3O4P/c1-3-2;;1-5(2,3)4/h;;(H3,1,2,3,4)/p-3. The molecule has 0 rings (SSSR count). The molecule has 0 aromatic rings. The molecule has 0 fully saturated rings. The van der Waals surface area contributed by atoms with E-state index in [-0.39, 0.29) is 17.1 Å². The van der Waals surface area contributed by atoms with Crippen LogP contribution in [0.1, 0.15) is 0 Å². The Morgan fingerprint density at radius 3 is 1.22 bits per heavy atom. The maximum atomic E-state index is 8.55. The number of phosphoric acid groups is 1. The molecule has 0 aliphatic carbocycles. The van der Waals surface area contributed by atoms with Gasteiger partial charge in [0.15, 0.2) is 0 Å². The molecule has 9 heavy (non-hydrogen) atoms. The van der Waals surface area contributed by atoms with E-state index in [9.17, 15) is 0 Å². The fourth-order valence-corrected chi connectivity index (χ4v) is 0. The molecule has 0 saturated carbocycles. The molecule has 0 aromatic heterocycles. The number of hydrogen-bond donors (Lipinski definition) is 0. The first-order valence-corrected chi connectivity index (χ1v) is 3.12. The third kappa shape index (κ3) is 345. The SMILES string of the molecule is ClOCl.O=P([O-])([O-])[O-].[Cu]. The normalized spacial score (nSPS) is 8.56. The van der Waals surface area contributed by atoms with Crippen LogP contribution in [0, 0.1) is 0 Å². The Labute approximate surface area is 72.0 Å². The van der Waals surface area contributed by atoms with Crippen LogP contribution in [0.5, 0.6) is 0 Å². The molecule has 0 aliphatic heterocycles. The van der Waals surface area contributed by atoms with Crippen LogP contribution in [0.15, 0.2) is 0 Å². The van der Waals surface area contributed by atoms with Crippen LogP contribution >= 0.6 is 31.6 Å². The van der Waals surface area contributed by atoms with Gasteiger partial charge in [0.05, 0.1) is 23.7 Å². The van der Waals surface area contributed by atoms with Gasteiger partial charge in [0.2, 0.25) is 0 Å². The third-order valence-corrected chi connectivity index (χ3v) is 0. The minimum absolute atomic E-state index is 0. The minimum atomic E-state index is -5.39. The molecule has 63 valence electrons. The van der Waals surface area contributed by atoms with Crippen molar-refractivity contribution >= 4 is 31.6 Å². The zero-order valence-corrected chi connectivity index (χ0v) is 6.89. The molecule has 0 atom stereocenters. The second kappa shape index (κ2) is 9.17. The monoisotopic (exact) mass is 244 g/mol. The van der Waals surface area contributed by atoms with E-state index in [0.717, 1.165) is 0 Å². The van der Waals surface area contributed by atoms with Gasteiger partial charge in [-0.3, -0.25) is 0 Å². The van der Waals surface area contributed by atoms with E-state index in [1.165, 1.54) is 0 Å². The van der Waals surface area contributed by atoms with Gasteiger partial charge in [-0.05, 0) is 0 Å². The quantitative estimate of drug-likeness (QED) is 0.382. The first kappa shape index (κ1) is 16.6. The zero-order chi connectivity index (χ0) is 7.21. The summed E-state index contributed by atoms with van der Waals surface area (Å²) in [5, 5.41) is 0. The predicted molar refractivity (Wildman–Crippen MR) is 20.4 cm³/mol. The molecule has 1 radical (unpaired) electrons. The van der Waals surface area contributed by atoms with E-state index in [0.29, 0.717) is 0 Å². The minimum Gasteiger partial charge on any atom is -0.822 e. The van der Waals surface area contributed by atoms with Gasteiger partial charge in [0, 0.05) is 17.1 Å². The van der Waals surface area contributed by atoms with E-state index < -0.39 is 7.82 Å². The average Bonchev–Trinajstić information content (AvgIpc) is 1.27. The molecule has 0 unspecified atom stereocenters. The Morgan fingerprint density at radius 2 is 1.22 bits per heavy atom. The van der Waals surface area contributed by atoms with Crippen molar-refractivity contribution in [3.05, 3.63) is 0 Å². The van der Waals surface area contributed by atoms with Crippen molar-refractivity contribution in [2.45, 2.75) is 0 Å². The van der Waals surface area contributed by atoms with Gasteiger partial charge in [-0.15, -0.1) is 0 Å². The van der Waals surface area contributed by atoms with E-state index in [1.54, 1.807) is 0 Å². The first-order valence-electron chi connectivity index (χ1n) is 1.04. The van der Waals surface area contributed by atoms with Gasteiger partial charge in [0.1, 0.15) is 0 Å². The van der Waals surface area contributed by atoms with Crippen molar-refractivity contribution in [3.8, 4) is 0 Å². The summed E-state index contributed by atoms with van der Waals surface area (Å²) in [4.78, 5) is 25.6. The molecular weight excluding hydrogens is 245 g/mol. The molecule has 0 N–H and O–H groups in total. The van der Waals surface area contributed by atoms with Crippen molar-refractivity contribution < 1.29 is 40.2 Å². The summed E-state index contributed by atoms with van der Waals surface area (Å²) >= 11 is 8.53. The molecule has 0 spiro atoms. The summed E-state index contributed by atoms with van der Waals surface area (Å²) in [7, 11) is -5.39. The van der Waals surface area contributed by atoms with Crippen molar-refractivity contribution in [1.82, 2.24) is 0 Å². The molecule has 0 aliphatic rings. The van der Waals surface area contributed by atoms with Crippen molar-refractivity contribution in [3.63, 3.8) is 0 Å². The van der Waals surface area contributed by atoms with E-state index in [2.05, 4.69) is 27.6 Å². The van der Waals surface area contributed by atoms with Crippen LogP contribution in [0.4, 0.5) is 0 Å². The van der Waals surface area contributed by atoms with Gasteiger partial charge < -0.3 is 19.2 Å². The van der Waals surface area contributed by atoms with Gasteiger partial charge in [-0.2, -0.15) is 11.7 Å². The van der Waals surface area contributed by atoms with Gasteiger partial charge in [-0.1, -0.05) is 0 Å². The van der Waals surface area contributed by atoms with Crippen molar-refractivity contribution in [2.24, 2.45) is 0 Å². The smallest absolute Gasteiger partial charge is 0.0832 e. The van der Waals surface area contributed by atoms with Crippen LogP contribution in [-0.2, 0) is 25.5 Å². The molecule has 0 amide bonds. The first-order chi connectivity index (χ1) is 3.41. The van der Waals surface area contributed by atoms with E-state index >= 15 is 0 Å². The molecule has 0 saturated heterocycles. The second-order valence-electron chi connectivity index (χ2n) is 0.506. The fraction of sp³-hybridized carbons (Fsp3) is 0. The Balaban J connectivity index is -0.0000000800.